The standard InChI is InChI=1S/C9H17NO5S/c1-15-9(12)3-2-6-16(13,14)10-5-4-8(11)7-10/h8,11H,2-7H2,1H3/t8-/m1/s1. The first-order chi connectivity index (χ1) is 7.45. The second-order valence-corrected chi connectivity index (χ2v) is 5.88. The van der Waals surface area contributed by atoms with Crippen LogP contribution in [0.2, 0.25) is 0 Å². The van der Waals surface area contributed by atoms with E-state index in [2.05, 4.69) is 4.74 Å². The third-order valence-corrected chi connectivity index (χ3v) is 4.45. The zero-order valence-corrected chi connectivity index (χ0v) is 10.1. The van der Waals surface area contributed by atoms with Gasteiger partial charge in [0, 0.05) is 19.5 Å². The summed E-state index contributed by atoms with van der Waals surface area (Å²) in [7, 11) is -2.06. The number of rotatable bonds is 5. The maximum absolute atomic E-state index is 11.7. The number of esters is 1. The molecular weight excluding hydrogens is 234 g/mol. The Kier molecular flexibility index (Phi) is 4.69. The molecule has 1 heterocycles. The van der Waals surface area contributed by atoms with Gasteiger partial charge in [-0.3, -0.25) is 4.79 Å². The van der Waals surface area contributed by atoms with Crippen molar-refractivity contribution in [3.63, 3.8) is 0 Å². The SMILES string of the molecule is COC(=O)CCCS(=O)(=O)N1CC[C@@H](O)C1. The number of carbonyl (C=O) groups excluding carboxylic acids is 1. The predicted octanol–water partition coefficient (Wildman–Crippen LogP) is -0.664. The van der Waals surface area contributed by atoms with Crippen LogP contribution in [0.5, 0.6) is 0 Å². The van der Waals surface area contributed by atoms with Crippen LogP contribution in [-0.2, 0) is 19.6 Å². The molecule has 0 saturated carbocycles. The Morgan fingerprint density at radius 3 is 2.75 bits per heavy atom. The Balaban J connectivity index is 2.37. The molecule has 0 amide bonds. The monoisotopic (exact) mass is 251 g/mol. The van der Waals surface area contributed by atoms with Gasteiger partial charge in [0.15, 0.2) is 0 Å². The van der Waals surface area contributed by atoms with Crippen LogP contribution in [0.25, 0.3) is 0 Å². The van der Waals surface area contributed by atoms with Gasteiger partial charge in [0.1, 0.15) is 0 Å². The summed E-state index contributed by atoms with van der Waals surface area (Å²) in [6, 6.07) is 0. The van der Waals surface area contributed by atoms with E-state index in [1.54, 1.807) is 0 Å². The first-order valence-electron chi connectivity index (χ1n) is 5.18. The zero-order chi connectivity index (χ0) is 12.2. The van der Waals surface area contributed by atoms with Crippen molar-refractivity contribution in [2.45, 2.75) is 25.4 Å². The highest BCUT2D eigenvalue weighted by Gasteiger charge is 2.29. The molecule has 0 aromatic heterocycles. The highest BCUT2D eigenvalue weighted by atomic mass is 32.2. The molecule has 1 atom stereocenters. The minimum absolute atomic E-state index is 0.0746. The van der Waals surface area contributed by atoms with E-state index in [0.29, 0.717) is 13.0 Å². The summed E-state index contributed by atoms with van der Waals surface area (Å²) in [4.78, 5) is 10.8. The maximum atomic E-state index is 11.7. The van der Waals surface area contributed by atoms with Gasteiger partial charge in [0.05, 0.1) is 19.0 Å². The van der Waals surface area contributed by atoms with Gasteiger partial charge in [-0.1, -0.05) is 0 Å². The smallest absolute Gasteiger partial charge is 0.305 e. The Bertz CT molecular complexity index is 340. The third-order valence-electron chi connectivity index (χ3n) is 2.53. The summed E-state index contributed by atoms with van der Waals surface area (Å²) in [6.07, 6.45) is 0.277. The quantitative estimate of drug-likeness (QED) is 0.655. The van der Waals surface area contributed by atoms with E-state index >= 15 is 0 Å². The summed E-state index contributed by atoms with van der Waals surface area (Å²) in [5, 5.41) is 9.23. The van der Waals surface area contributed by atoms with E-state index < -0.39 is 22.1 Å². The van der Waals surface area contributed by atoms with Crippen LogP contribution in [-0.4, -0.2) is 55.9 Å². The molecule has 1 rings (SSSR count). The summed E-state index contributed by atoms with van der Waals surface area (Å²) in [5.74, 6) is -0.480. The minimum Gasteiger partial charge on any atom is -0.469 e. The van der Waals surface area contributed by atoms with Crippen molar-refractivity contribution in [1.82, 2.24) is 4.31 Å². The Labute approximate surface area is 95.2 Å². The van der Waals surface area contributed by atoms with Crippen LogP contribution in [0.3, 0.4) is 0 Å². The summed E-state index contributed by atoms with van der Waals surface area (Å²) in [5.41, 5.74) is 0. The molecule has 1 aliphatic rings. The van der Waals surface area contributed by atoms with Crippen molar-refractivity contribution in [2.24, 2.45) is 0 Å². The van der Waals surface area contributed by atoms with E-state index in [1.807, 2.05) is 0 Å². The average molecular weight is 251 g/mol. The highest BCUT2D eigenvalue weighted by Crippen LogP contribution is 2.15. The van der Waals surface area contributed by atoms with Crippen LogP contribution in [0.1, 0.15) is 19.3 Å². The largest absolute Gasteiger partial charge is 0.469 e. The molecule has 7 heteroatoms. The van der Waals surface area contributed by atoms with Crippen LogP contribution in [0.4, 0.5) is 0 Å². The maximum Gasteiger partial charge on any atom is 0.305 e. The summed E-state index contributed by atoms with van der Waals surface area (Å²) >= 11 is 0. The number of hydrogen-bond acceptors (Lipinski definition) is 5. The van der Waals surface area contributed by atoms with Crippen molar-refractivity contribution < 1.29 is 23.1 Å². The number of nitrogens with zero attached hydrogens (tertiary/aromatic N) is 1. The third kappa shape index (κ3) is 3.73. The summed E-state index contributed by atoms with van der Waals surface area (Å²) in [6.45, 7) is 0.530. The molecule has 94 valence electrons. The van der Waals surface area contributed by atoms with Crippen LogP contribution < -0.4 is 0 Å². The number of carbonyl (C=O) groups is 1. The molecule has 1 N–H and O–H groups in total. The second kappa shape index (κ2) is 5.60. The predicted molar refractivity (Wildman–Crippen MR) is 57.2 cm³/mol. The van der Waals surface area contributed by atoms with Gasteiger partial charge in [0.2, 0.25) is 10.0 Å². The van der Waals surface area contributed by atoms with E-state index in [9.17, 15) is 18.3 Å². The molecule has 0 bridgehead atoms. The number of β-amino-alcohol motifs (C(OH)–C–C–N with tert-alkyl or cyclic N) is 1. The summed E-state index contributed by atoms with van der Waals surface area (Å²) < 4.78 is 29.1. The van der Waals surface area contributed by atoms with Gasteiger partial charge in [0.25, 0.3) is 0 Å². The molecule has 0 radical (unpaired) electrons. The molecule has 0 unspecified atom stereocenters. The number of aliphatic hydroxyl groups excluding tert-OH is 1. The lowest BCUT2D eigenvalue weighted by Crippen LogP contribution is -2.31. The molecule has 1 saturated heterocycles. The molecular formula is C9H17NO5S. The second-order valence-electron chi connectivity index (χ2n) is 3.80. The minimum atomic E-state index is -3.33. The van der Waals surface area contributed by atoms with Crippen molar-refractivity contribution in [1.29, 1.82) is 0 Å². The average Bonchev–Trinajstić information content (AvgIpc) is 2.65. The molecule has 0 aliphatic carbocycles. The number of sulfonamides is 1. The van der Waals surface area contributed by atoms with Crippen LogP contribution in [0, 0.1) is 0 Å². The van der Waals surface area contributed by atoms with E-state index in [0.717, 1.165) is 0 Å². The Morgan fingerprint density at radius 1 is 1.56 bits per heavy atom. The Morgan fingerprint density at radius 2 is 2.25 bits per heavy atom. The molecule has 0 aromatic rings. The Hall–Kier alpha value is -0.660. The number of ether oxygens (including phenoxy) is 1. The highest BCUT2D eigenvalue weighted by molar-refractivity contribution is 7.89. The van der Waals surface area contributed by atoms with Gasteiger partial charge in [-0.2, -0.15) is 4.31 Å². The van der Waals surface area contributed by atoms with Gasteiger partial charge < -0.3 is 9.84 Å². The number of hydrogen-bond donors (Lipinski definition) is 1. The van der Waals surface area contributed by atoms with E-state index in [-0.39, 0.29) is 25.1 Å². The topological polar surface area (TPSA) is 83.9 Å². The van der Waals surface area contributed by atoms with Crippen molar-refractivity contribution in [3.05, 3.63) is 0 Å². The number of aliphatic hydroxyl groups is 1. The molecule has 1 fully saturated rings. The molecule has 16 heavy (non-hydrogen) atoms. The first-order valence-corrected chi connectivity index (χ1v) is 6.79. The van der Waals surface area contributed by atoms with E-state index in [4.69, 9.17) is 0 Å². The lowest BCUT2D eigenvalue weighted by molar-refractivity contribution is -0.140. The molecule has 0 aromatic carbocycles. The molecule has 6 nitrogen and oxygen atoms in total. The van der Waals surface area contributed by atoms with Gasteiger partial charge >= 0.3 is 5.97 Å². The van der Waals surface area contributed by atoms with Crippen LogP contribution >= 0.6 is 0 Å². The molecule has 1 aliphatic heterocycles. The van der Waals surface area contributed by atoms with Gasteiger partial charge in [-0.15, -0.1) is 0 Å². The normalized spacial score (nSPS) is 22.2. The zero-order valence-electron chi connectivity index (χ0n) is 9.26. The first kappa shape index (κ1) is 13.4. The van der Waals surface area contributed by atoms with Gasteiger partial charge in [-0.25, -0.2) is 8.42 Å². The van der Waals surface area contributed by atoms with Gasteiger partial charge in [-0.05, 0) is 12.8 Å². The van der Waals surface area contributed by atoms with Crippen molar-refractivity contribution in [3.8, 4) is 0 Å². The lowest BCUT2D eigenvalue weighted by Gasteiger charge is -2.15. The molecule has 0 spiro atoms. The fourth-order valence-corrected chi connectivity index (χ4v) is 3.14. The van der Waals surface area contributed by atoms with Crippen LogP contribution in [0.15, 0.2) is 0 Å². The number of methoxy groups -OCH3 is 1. The fraction of sp³-hybridized carbons (Fsp3) is 0.889. The fourth-order valence-electron chi connectivity index (χ4n) is 1.59. The van der Waals surface area contributed by atoms with E-state index in [1.165, 1.54) is 11.4 Å². The lowest BCUT2D eigenvalue weighted by atomic mass is 10.3. The van der Waals surface area contributed by atoms with Crippen molar-refractivity contribution >= 4 is 16.0 Å². The van der Waals surface area contributed by atoms with Crippen molar-refractivity contribution in [2.75, 3.05) is 26.0 Å².